The molecule has 0 aliphatic heterocycles. The van der Waals surface area contributed by atoms with E-state index >= 15 is 0 Å². The van der Waals surface area contributed by atoms with Gasteiger partial charge in [0.25, 0.3) is 0 Å². The maximum absolute atomic E-state index is 11.8. The summed E-state index contributed by atoms with van der Waals surface area (Å²) in [5, 5.41) is 14.3. The van der Waals surface area contributed by atoms with E-state index in [2.05, 4.69) is 26.6 Å². The van der Waals surface area contributed by atoms with Crippen molar-refractivity contribution in [3.05, 3.63) is 28.2 Å². The van der Waals surface area contributed by atoms with E-state index in [1.165, 1.54) is 18.9 Å². The number of hydrogen-bond acceptors (Lipinski definition) is 3. The van der Waals surface area contributed by atoms with Crippen molar-refractivity contribution in [3.8, 4) is 0 Å². The van der Waals surface area contributed by atoms with E-state index in [0.717, 1.165) is 6.61 Å². The molecule has 21 heavy (non-hydrogen) atoms. The molecule has 1 aliphatic carbocycles. The fraction of sp³-hybridized carbons (Fsp3) is 0.429. The molecule has 1 aliphatic rings. The van der Waals surface area contributed by atoms with E-state index in [1.54, 1.807) is 12.1 Å². The van der Waals surface area contributed by atoms with Crippen molar-refractivity contribution in [2.75, 3.05) is 25.1 Å². The number of rotatable bonds is 7. The van der Waals surface area contributed by atoms with Crippen LogP contribution in [0.25, 0.3) is 0 Å². The number of amides is 2. The molecule has 0 saturated heterocycles. The Morgan fingerprint density at radius 3 is 2.81 bits per heavy atom. The van der Waals surface area contributed by atoms with Gasteiger partial charge in [0.05, 0.1) is 17.9 Å². The van der Waals surface area contributed by atoms with E-state index in [0.29, 0.717) is 23.5 Å². The Balaban J connectivity index is 1.80. The fourth-order valence-corrected chi connectivity index (χ4v) is 2.22. The number of halogens is 1. The molecule has 1 fully saturated rings. The molecule has 1 saturated carbocycles. The molecule has 0 heterocycles. The van der Waals surface area contributed by atoms with Gasteiger partial charge in [0, 0.05) is 17.6 Å². The number of aromatic carboxylic acids is 1. The third-order valence-corrected chi connectivity index (χ3v) is 3.73. The standard InChI is InChI=1S/C14H17BrN2O4/c15-11-3-1-2-10(13(18)19)12(11)17-14(20)16-6-7-21-8-9-4-5-9/h1-3,9H,4-8H2,(H,18,19)(H2,16,17,20). The zero-order chi connectivity index (χ0) is 15.2. The van der Waals surface area contributed by atoms with Gasteiger partial charge in [0.1, 0.15) is 0 Å². The largest absolute Gasteiger partial charge is 0.478 e. The van der Waals surface area contributed by atoms with E-state index in [4.69, 9.17) is 9.84 Å². The maximum Gasteiger partial charge on any atom is 0.337 e. The molecule has 2 rings (SSSR count). The zero-order valence-electron chi connectivity index (χ0n) is 11.4. The quantitative estimate of drug-likeness (QED) is 0.655. The predicted molar refractivity (Wildman–Crippen MR) is 81.7 cm³/mol. The number of benzene rings is 1. The monoisotopic (exact) mass is 356 g/mol. The fourth-order valence-electron chi connectivity index (χ4n) is 1.76. The molecule has 114 valence electrons. The first-order valence-corrected chi connectivity index (χ1v) is 7.51. The number of hydrogen-bond donors (Lipinski definition) is 3. The number of carboxylic acids is 1. The maximum atomic E-state index is 11.8. The van der Waals surface area contributed by atoms with Crippen molar-refractivity contribution in [2.45, 2.75) is 12.8 Å². The van der Waals surface area contributed by atoms with E-state index in [9.17, 15) is 9.59 Å². The molecule has 0 spiro atoms. The van der Waals surface area contributed by atoms with Gasteiger partial charge in [-0.25, -0.2) is 9.59 Å². The minimum Gasteiger partial charge on any atom is -0.478 e. The average Bonchev–Trinajstić information content (AvgIpc) is 3.24. The number of para-hydroxylation sites is 1. The Morgan fingerprint density at radius 1 is 1.38 bits per heavy atom. The highest BCUT2D eigenvalue weighted by atomic mass is 79.9. The molecule has 6 nitrogen and oxygen atoms in total. The number of carboxylic acid groups (broad SMARTS) is 1. The molecule has 0 bridgehead atoms. The van der Waals surface area contributed by atoms with Gasteiger partial charge in [0.15, 0.2) is 0 Å². The minimum absolute atomic E-state index is 0.0320. The predicted octanol–water partition coefficient (Wildman–Crippen LogP) is 2.70. The van der Waals surface area contributed by atoms with Crippen molar-refractivity contribution < 1.29 is 19.4 Å². The van der Waals surface area contributed by atoms with Gasteiger partial charge in [-0.2, -0.15) is 0 Å². The van der Waals surface area contributed by atoms with Crippen LogP contribution in [-0.2, 0) is 4.74 Å². The summed E-state index contributed by atoms with van der Waals surface area (Å²) < 4.78 is 5.91. The summed E-state index contributed by atoms with van der Waals surface area (Å²) in [6.45, 7) is 1.58. The van der Waals surface area contributed by atoms with Crippen LogP contribution in [0.1, 0.15) is 23.2 Å². The Bertz CT molecular complexity index is 532. The second kappa shape index (κ2) is 7.42. The second-order valence-corrected chi connectivity index (χ2v) is 5.72. The Kier molecular flexibility index (Phi) is 5.58. The molecule has 1 aromatic rings. The van der Waals surface area contributed by atoms with E-state index < -0.39 is 12.0 Å². The zero-order valence-corrected chi connectivity index (χ0v) is 13.0. The molecule has 0 aromatic heterocycles. The molecule has 3 N–H and O–H groups in total. The third-order valence-electron chi connectivity index (χ3n) is 3.06. The molecule has 0 unspecified atom stereocenters. The van der Waals surface area contributed by atoms with Crippen LogP contribution in [0, 0.1) is 5.92 Å². The summed E-state index contributed by atoms with van der Waals surface area (Å²) in [6.07, 6.45) is 2.46. The van der Waals surface area contributed by atoms with Crippen molar-refractivity contribution in [1.29, 1.82) is 0 Å². The van der Waals surface area contributed by atoms with Gasteiger partial charge in [-0.3, -0.25) is 0 Å². The van der Waals surface area contributed by atoms with Crippen molar-refractivity contribution >= 4 is 33.6 Å². The molecule has 1 aromatic carbocycles. The van der Waals surface area contributed by atoms with E-state index in [-0.39, 0.29) is 11.3 Å². The lowest BCUT2D eigenvalue weighted by Gasteiger charge is -2.11. The summed E-state index contributed by atoms with van der Waals surface area (Å²) in [6, 6.07) is 4.24. The lowest BCUT2D eigenvalue weighted by atomic mass is 10.2. The van der Waals surface area contributed by atoms with Crippen LogP contribution in [0.15, 0.2) is 22.7 Å². The van der Waals surface area contributed by atoms with Crippen LogP contribution < -0.4 is 10.6 Å². The molecule has 0 radical (unpaired) electrons. The lowest BCUT2D eigenvalue weighted by molar-refractivity contribution is 0.0698. The van der Waals surface area contributed by atoms with Gasteiger partial charge in [-0.1, -0.05) is 6.07 Å². The number of anilines is 1. The van der Waals surface area contributed by atoms with Crippen molar-refractivity contribution in [1.82, 2.24) is 5.32 Å². The lowest BCUT2D eigenvalue weighted by Crippen LogP contribution is -2.32. The number of carbonyl (C=O) groups excluding carboxylic acids is 1. The van der Waals surface area contributed by atoms with Gasteiger partial charge >= 0.3 is 12.0 Å². The molecule has 2 amide bonds. The SMILES string of the molecule is O=C(NCCOCC1CC1)Nc1c(Br)cccc1C(=O)O. The molecular formula is C14H17BrN2O4. The van der Waals surface area contributed by atoms with Gasteiger partial charge in [0.2, 0.25) is 0 Å². The van der Waals surface area contributed by atoms with Crippen LogP contribution in [0.3, 0.4) is 0 Å². The summed E-state index contributed by atoms with van der Waals surface area (Å²) in [5.74, 6) is -0.406. The highest BCUT2D eigenvalue weighted by Gasteiger charge is 2.21. The first-order chi connectivity index (χ1) is 10.1. The summed E-state index contributed by atoms with van der Waals surface area (Å²) in [7, 11) is 0. The van der Waals surface area contributed by atoms with Crippen LogP contribution in [0.2, 0.25) is 0 Å². The smallest absolute Gasteiger partial charge is 0.337 e. The van der Waals surface area contributed by atoms with Crippen molar-refractivity contribution in [3.63, 3.8) is 0 Å². The molecule has 0 atom stereocenters. The van der Waals surface area contributed by atoms with Crippen LogP contribution in [0.4, 0.5) is 10.5 Å². The number of urea groups is 1. The normalized spacial score (nSPS) is 13.8. The van der Waals surface area contributed by atoms with Crippen LogP contribution in [0.5, 0.6) is 0 Å². The average molecular weight is 357 g/mol. The Morgan fingerprint density at radius 2 is 2.14 bits per heavy atom. The highest BCUT2D eigenvalue weighted by Crippen LogP contribution is 2.28. The molecule has 7 heteroatoms. The van der Waals surface area contributed by atoms with Crippen molar-refractivity contribution in [2.24, 2.45) is 5.92 Å². The van der Waals surface area contributed by atoms with Crippen LogP contribution >= 0.6 is 15.9 Å². The third kappa shape index (κ3) is 5.02. The van der Waals surface area contributed by atoms with Gasteiger partial charge in [-0.15, -0.1) is 0 Å². The van der Waals surface area contributed by atoms with E-state index in [1.807, 2.05) is 0 Å². The topological polar surface area (TPSA) is 87.7 Å². The first-order valence-electron chi connectivity index (χ1n) is 6.72. The highest BCUT2D eigenvalue weighted by molar-refractivity contribution is 9.10. The summed E-state index contributed by atoms with van der Waals surface area (Å²) in [4.78, 5) is 22.9. The molecular weight excluding hydrogens is 340 g/mol. The second-order valence-electron chi connectivity index (χ2n) is 4.87. The minimum atomic E-state index is -1.10. The number of ether oxygens (including phenoxy) is 1. The number of nitrogens with one attached hydrogen (secondary N) is 2. The first kappa shape index (κ1) is 15.8. The van der Waals surface area contributed by atoms with Gasteiger partial charge in [-0.05, 0) is 46.8 Å². The summed E-state index contributed by atoms with van der Waals surface area (Å²) >= 11 is 3.23. The Hall–Kier alpha value is -1.60. The number of carbonyl (C=O) groups is 2. The summed E-state index contributed by atoms with van der Waals surface area (Å²) in [5.41, 5.74) is 0.269. The van der Waals surface area contributed by atoms with Gasteiger partial charge < -0.3 is 20.5 Å². The Labute approximate surface area is 131 Å². The van der Waals surface area contributed by atoms with Crippen LogP contribution in [-0.4, -0.2) is 36.9 Å².